The number of nitrogens with one attached hydrogen (secondary N) is 1. The molecule has 0 aliphatic rings. The van der Waals surface area contributed by atoms with E-state index in [0.717, 1.165) is 9.13 Å². The van der Waals surface area contributed by atoms with E-state index in [1.807, 2.05) is 13.0 Å². The molecule has 0 bridgehead atoms. The zero-order valence-corrected chi connectivity index (χ0v) is 17.1. The number of imidazole rings is 1. The summed E-state index contributed by atoms with van der Waals surface area (Å²) in [5, 5.41) is 9.60. The summed E-state index contributed by atoms with van der Waals surface area (Å²) in [4.78, 5) is 7.35. The van der Waals surface area contributed by atoms with Crippen LogP contribution in [0.4, 0.5) is 4.39 Å². The van der Waals surface area contributed by atoms with Crippen molar-refractivity contribution in [3.05, 3.63) is 51.1 Å². The van der Waals surface area contributed by atoms with Crippen LogP contribution in [0, 0.1) is 33.1 Å². The van der Waals surface area contributed by atoms with Gasteiger partial charge < -0.3 is 14.5 Å². The highest BCUT2D eigenvalue weighted by atomic mass is 127. The SMILES string of the molecule is C#CCOc1c(I)cc(/C=C(/C#N)c2nc3ccc(F)cc3[nH]2)cc1OCC. The third-order valence-corrected chi connectivity index (χ3v) is 4.56. The van der Waals surface area contributed by atoms with Crippen molar-refractivity contribution in [3.63, 3.8) is 0 Å². The van der Waals surface area contributed by atoms with Gasteiger partial charge in [0.1, 0.15) is 24.3 Å². The predicted octanol–water partition coefficient (Wildman–Crippen LogP) is 4.78. The maximum absolute atomic E-state index is 13.4. The molecule has 1 N–H and O–H groups in total. The Labute approximate surface area is 175 Å². The molecule has 28 heavy (non-hydrogen) atoms. The number of benzene rings is 2. The van der Waals surface area contributed by atoms with E-state index >= 15 is 0 Å². The predicted molar refractivity (Wildman–Crippen MR) is 114 cm³/mol. The van der Waals surface area contributed by atoms with Crippen molar-refractivity contribution in [1.29, 1.82) is 5.26 Å². The number of hydrogen-bond donors (Lipinski definition) is 1. The first-order valence-corrected chi connectivity index (χ1v) is 9.43. The normalized spacial score (nSPS) is 11.1. The van der Waals surface area contributed by atoms with E-state index in [1.54, 1.807) is 18.2 Å². The van der Waals surface area contributed by atoms with E-state index in [1.165, 1.54) is 12.1 Å². The van der Waals surface area contributed by atoms with Crippen LogP contribution in [0.5, 0.6) is 11.5 Å². The van der Waals surface area contributed by atoms with Crippen LogP contribution in [0.15, 0.2) is 30.3 Å². The summed E-state index contributed by atoms with van der Waals surface area (Å²) in [6.07, 6.45) is 6.96. The summed E-state index contributed by atoms with van der Waals surface area (Å²) in [6, 6.07) is 10.00. The number of H-pyrrole nitrogens is 1. The van der Waals surface area contributed by atoms with E-state index in [4.69, 9.17) is 15.9 Å². The second-order valence-corrected chi connectivity index (χ2v) is 6.83. The highest BCUT2D eigenvalue weighted by Gasteiger charge is 2.13. The maximum Gasteiger partial charge on any atom is 0.175 e. The summed E-state index contributed by atoms with van der Waals surface area (Å²) in [6.45, 7) is 2.45. The molecule has 1 aromatic heterocycles. The maximum atomic E-state index is 13.4. The van der Waals surface area contributed by atoms with Crippen LogP contribution in [0.2, 0.25) is 0 Å². The van der Waals surface area contributed by atoms with Gasteiger partial charge in [-0.25, -0.2) is 9.37 Å². The van der Waals surface area contributed by atoms with Crippen molar-refractivity contribution in [1.82, 2.24) is 9.97 Å². The first-order chi connectivity index (χ1) is 13.5. The molecule has 0 aliphatic heterocycles. The van der Waals surface area contributed by atoms with Crippen molar-refractivity contribution in [3.8, 4) is 29.9 Å². The molecule has 2 aromatic carbocycles. The van der Waals surface area contributed by atoms with Gasteiger partial charge in [-0.2, -0.15) is 5.26 Å². The van der Waals surface area contributed by atoms with E-state index in [-0.39, 0.29) is 12.4 Å². The summed E-state index contributed by atoms with van der Waals surface area (Å²) >= 11 is 2.13. The molecular weight excluding hydrogens is 472 g/mol. The molecule has 0 spiro atoms. The number of ether oxygens (including phenoxy) is 2. The van der Waals surface area contributed by atoms with E-state index < -0.39 is 0 Å². The lowest BCUT2D eigenvalue weighted by molar-refractivity contribution is 0.297. The molecule has 0 atom stereocenters. The topological polar surface area (TPSA) is 70.9 Å². The summed E-state index contributed by atoms with van der Waals surface area (Å²) < 4.78 is 25.4. The van der Waals surface area contributed by atoms with E-state index in [2.05, 4.69) is 44.5 Å². The lowest BCUT2D eigenvalue weighted by atomic mass is 10.1. The van der Waals surface area contributed by atoms with Crippen LogP contribution >= 0.6 is 22.6 Å². The minimum absolute atomic E-state index is 0.129. The number of nitrogens with zero attached hydrogens (tertiary/aromatic N) is 2. The minimum Gasteiger partial charge on any atom is -0.490 e. The molecule has 3 rings (SSSR count). The van der Waals surface area contributed by atoms with Gasteiger partial charge in [-0.15, -0.1) is 6.42 Å². The third-order valence-electron chi connectivity index (χ3n) is 3.76. The zero-order valence-electron chi connectivity index (χ0n) is 14.9. The number of nitriles is 1. The van der Waals surface area contributed by atoms with Gasteiger partial charge in [-0.05, 0) is 71.5 Å². The summed E-state index contributed by atoms with van der Waals surface area (Å²) in [5.41, 5.74) is 2.16. The van der Waals surface area contributed by atoms with Gasteiger partial charge in [0, 0.05) is 0 Å². The fourth-order valence-electron chi connectivity index (χ4n) is 2.62. The Balaban J connectivity index is 2.03. The average molecular weight is 487 g/mol. The van der Waals surface area contributed by atoms with Gasteiger partial charge in [-0.3, -0.25) is 0 Å². The molecule has 0 saturated heterocycles. The lowest BCUT2D eigenvalue weighted by Gasteiger charge is -2.13. The Kier molecular flexibility index (Phi) is 6.17. The zero-order chi connectivity index (χ0) is 20.1. The van der Waals surface area contributed by atoms with E-state index in [9.17, 15) is 9.65 Å². The number of hydrogen-bond acceptors (Lipinski definition) is 4. The Hall–Kier alpha value is -3.04. The smallest absolute Gasteiger partial charge is 0.175 e. The molecule has 0 amide bonds. The molecule has 1 heterocycles. The number of terminal acetylenes is 1. The number of rotatable bonds is 6. The van der Waals surface area contributed by atoms with Gasteiger partial charge in [-0.1, -0.05) is 5.92 Å². The Bertz CT molecular complexity index is 1140. The Morgan fingerprint density at radius 2 is 2.18 bits per heavy atom. The molecule has 0 unspecified atom stereocenters. The van der Waals surface area contributed by atoms with E-state index in [0.29, 0.717) is 40.5 Å². The van der Waals surface area contributed by atoms with Crippen LogP contribution in [0.3, 0.4) is 0 Å². The largest absolute Gasteiger partial charge is 0.490 e. The molecule has 3 aromatic rings. The first-order valence-electron chi connectivity index (χ1n) is 8.35. The quantitative estimate of drug-likeness (QED) is 0.309. The van der Waals surface area contributed by atoms with Crippen molar-refractivity contribution in [2.75, 3.05) is 13.2 Å². The first kappa shape index (κ1) is 19.7. The fourth-order valence-corrected chi connectivity index (χ4v) is 3.40. The van der Waals surface area contributed by atoms with Crippen LogP contribution < -0.4 is 9.47 Å². The molecule has 7 heteroatoms. The Morgan fingerprint density at radius 3 is 2.89 bits per heavy atom. The lowest BCUT2D eigenvalue weighted by Crippen LogP contribution is -2.01. The second-order valence-electron chi connectivity index (χ2n) is 5.67. The number of allylic oxidation sites excluding steroid dienone is 1. The van der Waals surface area contributed by atoms with Crippen molar-refractivity contribution in [2.45, 2.75) is 6.92 Å². The van der Waals surface area contributed by atoms with Crippen molar-refractivity contribution < 1.29 is 13.9 Å². The summed E-state index contributed by atoms with van der Waals surface area (Å²) in [5.74, 6) is 3.53. The molecule has 0 saturated carbocycles. The minimum atomic E-state index is -0.372. The van der Waals surface area contributed by atoms with Crippen LogP contribution in [0.1, 0.15) is 18.3 Å². The van der Waals surface area contributed by atoms with Crippen LogP contribution in [-0.2, 0) is 0 Å². The molecule has 0 fully saturated rings. The van der Waals surface area contributed by atoms with Crippen LogP contribution in [-0.4, -0.2) is 23.2 Å². The van der Waals surface area contributed by atoms with Crippen molar-refractivity contribution >= 4 is 45.3 Å². The van der Waals surface area contributed by atoms with Gasteiger partial charge in [0.05, 0.1) is 26.8 Å². The van der Waals surface area contributed by atoms with Gasteiger partial charge in [0.25, 0.3) is 0 Å². The summed E-state index contributed by atoms with van der Waals surface area (Å²) in [7, 11) is 0. The van der Waals surface area contributed by atoms with Gasteiger partial charge >= 0.3 is 0 Å². The van der Waals surface area contributed by atoms with Gasteiger partial charge in [0.2, 0.25) is 0 Å². The Morgan fingerprint density at radius 1 is 1.36 bits per heavy atom. The number of halogens is 2. The molecule has 0 aliphatic carbocycles. The number of fused-ring (bicyclic) bond motifs is 1. The molecule has 140 valence electrons. The fraction of sp³-hybridized carbons (Fsp3) is 0.143. The van der Waals surface area contributed by atoms with Gasteiger partial charge in [0.15, 0.2) is 11.5 Å². The van der Waals surface area contributed by atoms with Crippen LogP contribution in [0.25, 0.3) is 22.7 Å². The van der Waals surface area contributed by atoms with Crippen molar-refractivity contribution in [2.24, 2.45) is 0 Å². The highest BCUT2D eigenvalue weighted by molar-refractivity contribution is 14.1. The monoisotopic (exact) mass is 487 g/mol. The standard InChI is InChI=1S/C21H15FIN3O2/c1-3-7-28-20-16(23)9-13(10-19(20)27-4-2)8-14(12-24)21-25-17-6-5-15(22)11-18(17)26-21/h1,5-6,8-11H,4,7H2,2H3,(H,25,26)/b14-8-. The number of aromatic nitrogens is 2. The average Bonchev–Trinajstić information content (AvgIpc) is 3.08. The molecule has 0 radical (unpaired) electrons. The number of aromatic amines is 1. The second kappa shape index (κ2) is 8.77. The molecular formula is C21H15FIN3O2. The highest BCUT2D eigenvalue weighted by Crippen LogP contribution is 2.35. The third kappa shape index (κ3) is 4.26. The molecule has 5 nitrogen and oxygen atoms in total.